The van der Waals surface area contributed by atoms with E-state index in [2.05, 4.69) is 13.5 Å². The first-order chi connectivity index (χ1) is 9.82. The van der Waals surface area contributed by atoms with Crippen molar-refractivity contribution >= 4 is 17.7 Å². The molecule has 0 aromatic heterocycles. The van der Waals surface area contributed by atoms with Crippen molar-refractivity contribution in [2.45, 2.75) is 57.5 Å². The van der Waals surface area contributed by atoms with Crippen molar-refractivity contribution in [3.05, 3.63) is 12.7 Å². The van der Waals surface area contributed by atoms with Gasteiger partial charge >= 0.3 is 11.9 Å². The number of carboxylic acid groups (broad SMARTS) is 2. The Morgan fingerprint density at radius 2 is 1.52 bits per heavy atom. The van der Waals surface area contributed by atoms with Gasteiger partial charge in [-0.3, -0.25) is 4.79 Å². The molecule has 1 unspecified atom stereocenters. The van der Waals surface area contributed by atoms with Crippen LogP contribution in [0.15, 0.2) is 12.7 Å². The molecule has 21 heavy (non-hydrogen) atoms. The maximum atomic E-state index is 11.7. The van der Waals surface area contributed by atoms with Gasteiger partial charge < -0.3 is 15.3 Å². The zero-order valence-electron chi connectivity index (χ0n) is 12.4. The van der Waals surface area contributed by atoms with E-state index in [1.807, 2.05) is 0 Å². The van der Waals surface area contributed by atoms with E-state index >= 15 is 0 Å². The number of aliphatic hydroxyl groups is 1. The maximum Gasteiger partial charge on any atom is 0.348 e. The molecule has 0 aromatic rings. The standard InChI is InChI=1S/C15H24O6/c1-3-5-6-7-8-9-10-11(12(16)4-2)15(21,13(17)18)14(19)20/h4,11,21H,2-3,5-10H2,1H3,(H,17,18)(H,19,20). The molecule has 1 atom stereocenters. The van der Waals surface area contributed by atoms with Crippen molar-refractivity contribution in [1.29, 1.82) is 0 Å². The van der Waals surface area contributed by atoms with Gasteiger partial charge in [-0.15, -0.1) is 0 Å². The van der Waals surface area contributed by atoms with Crippen LogP contribution in [-0.4, -0.2) is 38.6 Å². The number of allylic oxidation sites excluding steroid dienone is 1. The third-order valence-electron chi connectivity index (χ3n) is 3.55. The molecule has 0 saturated carbocycles. The van der Waals surface area contributed by atoms with E-state index in [4.69, 9.17) is 10.2 Å². The Kier molecular flexibility index (Phi) is 8.54. The molecule has 6 nitrogen and oxygen atoms in total. The molecule has 0 heterocycles. The quantitative estimate of drug-likeness (QED) is 0.289. The predicted octanol–water partition coefficient (Wildman–Crippen LogP) is 2.01. The summed E-state index contributed by atoms with van der Waals surface area (Å²) in [5.41, 5.74) is -3.10. The van der Waals surface area contributed by atoms with Crippen molar-refractivity contribution in [3.8, 4) is 0 Å². The lowest BCUT2D eigenvalue weighted by Gasteiger charge is -2.26. The van der Waals surface area contributed by atoms with Crippen LogP contribution in [0.4, 0.5) is 0 Å². The molecule has 0 aliphatic rings. The SMILES string of the molecule is C=CC(=O)C(CCCCCCCC)C(O)(C(=O)O)C(=O)O. The maximum absolute atomic E-state index is 11.7. The molecule has 0 amide bonds. The van der Waals surface area contributed by atoms with Crippen LogP contribution in [0, 0.1) is 5.92 Å². The number of carbonyl (C=O) groups is 3. The van der Waals surface area contributed by atoms with Gasteiger partial charge in [0.05, 0.1) is 5.92 Å². The molecule has 0 fully saturated rings. The molecular weight excluding hydrogens is 276 g/mol. The lowest BCUT2D eigenvalue weighted by atomic mass is 9.80. The Hall–Kier alpha value is -1.69. The number of rotatable bonds is 12. The molecule has 6 heteroatoms. The Morgan fingerprint density at radius 1 is 1.05 bits per heavy atom. The second-order valence-corrected chi connectivity index (χ2v) is 5.09. The lowest BCUT2D eigenvalue weighted by Crippen LogP contribution is -2.55. The number of hydrogen-bond donors (Lipinski definition) is 3. The van der Waals surface area contributed by atoms with Crippen molar-refractivity contribution in [3.63, 3.8) is 0 Å². The topological polar surface area (TPSA) is 112 Å². The first kappa shape index (κ1) is 19.3. The van der Waals surface area contributed by atoms with E-state index in [0.29, 0.717) is 6.42 Å². The van der Waals surface area contributed by atoms with Gasteiger partial charge in [-0.1, -0.05) is 52.0 Å². The average molecular weight is 300 g/mol. The molecule has 120 valence electrons. The van der Waals surface area contributed by atoms with Crippen molar-refractivity contribution in [2.75, 3.05) is 0 Å². The second kappa shape index (κ2) is 9.28. The molecule has 0 saturated heterocycles. The highest BCUT2D eigenvalue weighted by molar-refractivity contribution is 6.08. The molecular formula is C15H24O6. The largest absolute Gasteiger partial charge is 0.479 e. The molecule has 0 aliphatic heterocycles. The third-order valence-corrected chi connectivity index (χ3v) is 3.55. The van der Waals surface area contributed by atoms with E-state index < -0.39 is 29.2 Å². The van der Waals surface area contributed by atoms with E-state index in [0.717, 1.165) is 38.2 Å². The fourth-order valence-corrected chi connectivity index (χ4v) is 2.22. The first-order valence-corrected chi connectivity index (χ1v) is 7.17. The normalized spacial score (nSPS) is 12.7. The van der Waals surface area contributed by atoms with Crippen molar-refractivity contribution in [1.82, 2.24) is 0 Å². The highest BCUT2D eigenvalue weighted by Crippen LogP contribution is 2.26. The highest BCUT2D eigenvalue weighted by atomic mass is 16.4. The summed E-state index contributed by atoms with van der Waals surface area (Å²) in [7, 11) is 0. The van der Waals surface area contributed by atoms with Crippen LogP contribution in [0.5, 0.6) is 0 Å². The minimum absolute atomic E-state index is 0.00603. The van der Waals surface area contributed by atoms with E-state index in [1.165, 1.54) is 0 Å². The molecule has 0 aliphatic carbocycles. The number of carbonyl (C=O) groups excluding carboxylic acids is 1. The molecule has 0 radical (unpaired) electrons. The van der Waals surface area contributed by atoms with Gasteiger partial charge in [0.25, 0.3) is 5.60 Å². The number of hydrogen-bond acceptors (Lipinski definition) is 4. The van der Waals surface area contributed by atoms with Crippen LogP contribution in [0.25, 0.3) is 0 Å². The zero-order valence-corrected chi connectivity index (χ0v) is 12.4. The van der Waals surface area contributed by atoms with Crippen LogP contribution >= 0.6 is 0 Å². The monoisotopic (exact) mass is 300 g/mol. The molecule has 0 aromatic carbocycles. The Balaban J connectivity index is 4.81. The molecule has 0 rings (SSSR count). The summed E-state index contributed by atoms with van der Waals surface area (Å²) >= 11 is 0. The van der Waals surface area contributed by atoms with Crippen molar-refractivity contribution in [2.24, 2.45) is 5.92 Å². The van der Waals surface area contributed by atoms with Gasteiger partial charge in [-0.2, -0.15) is 0 Å². The molecule has 0 spiro atoms. The van der Waals surface area contributed by atoms with Crippen LogP contribution < -0.4 is 0 Å². The van der Waals surface area contributed by atoms with E-state index in [-0.39, 0.29) is 6.42 Å². The van der Waals surface area contributed by atoms with Crippen LogP contribution in [0.3, 0.4) is 0 Å². The van der Waals surface area contributed by atoms with Gasteiger partial charge in [0.2, 0.25) is 0 Å². The summed E-state index contributed by atoms with van der Waals surface area (Å²) in [5, 5.41) is 27.8. The van der Waals surface area contributed by atoms with E-state index in [9.17, 15) is 19.5 Å². The predicted molar refractivity (Wildman–Crippen MR) is 76.9 cm³/mol. The summed E-state index contributed by atoms with van der Waals surface area (Å²) in [6, 6.07) is 0. The van der Waals surface area contributed by atoms with Crippen LogP contribution in [0.2, 0.25) is 0 Å². The number of carboxylic acids is 2. The summed E-state index contributed by atoms with van der Waals surface area (Å²) in [5.74, 6) is -6.14. The fraction of sp³-hybridized carbons (Fsp3) is 0.667. The van der Waals surface area contributed by atoms with Crippen LogP contribution in [0.1, 0.15) is 51.9 Å². The van der Waals surface area contributed by atoms with Crippen molar-refractivity contribution < 1.29 is 29.7 Å². The summed E-state index contributed by atoms with van der Waals surface area (Å²) < 4.78 is 0. The average Bonchev–Trinajstić information content (AvgIpc) is 2.44. The second-order valence-electron chi connectivity index (χ2n) is 5.09. The lowest BCUT2D eigenvalue weighted by molar-refractivity contribution is -0.184. The first-order valence-electron chi connectivity index (χ1n) is 7.17. The van der Waals surface area contributed by atoms with Gasteiger partial charge in [0.1, 0.15) is 0 Å². The highest BCUT2D eigenvalue weighted by Gasteiger charge is 2.53. The molecule has 3 N–H and O–H groups in total. The summed E-state index contributed by atoms with van der Waals surface area (Å²) in [4.78, 5) is 33.9. The van der Waals surface area contributed by atoms with E-state index in [1.54, 1.807) is 0 Å². The van der Waals surface area contributed by atoms with Gasteiger partial charge in [-0.05, 0) is 12.5 Å². The van der Waals surface area contributed by atoms with Gasteiger partial charge in [0, 0.05) is 0 Å². The smallest absolute Gasteiger partial charge is 0.348 e. The van der Waals surface area contributed by atoms with Gasteiger partial charge in [0.15, 0.2) is 5.78 Å². The Bertz CT molecular complexity index is 374. The Labute approximate surface area is 124 Å². The summed E-state index contributed by atoms with van der Waals surface area (Å²) in [6.07, 6.45) is 6.27. The minimum Gasteiger partial charge on any atom is -0.479 e. The summed E-state index contributed by atoms with van der Waals surface area (Å²) in [6.45, 7) is 5.32. The Morgan fingerprint density at radius 3 is 1.95 bits per heavy atom. The van der Waals surface area contributed by atoms with Gasteiger partial charge in [-0.25, -0.2) is 9.59 Å². The number of ketones is 1. The third kappa shape index (κ3) is 5.30. The fourth-order valence-electron chi connectivity index (χ4n) is 2.22. The zero-order chi connectivity index (χ0) is 16.5. The molecule has 0 bridgehead atoms. The van der Waals surface area contributed by atoms with Crippen LogP contribution in [-0.2, 0) is 14.4 Å². The minimum atomic E-state index is -3.10. The number of unbranched alkanes of at least 4 members (excludes halogenated alkanes) is 5. The number of aliphatic carboxylic acids is 2.